The molecule has 8 nitrogen and oxygen atoms in total. The number of carbonyl (C=O) groups is 3. The maximum Gasteiger partial charge on any atom is 0.341 e. The molecule has 0 saturated heterocycles. The molecule has 3 rings (SSSR count). The van der Waals surface area contributed by atoms with Gasteiger partial charge in [0.05, 0.1) is 24.2 Å². The minimum absolute atomic E-state index is 0.0807. The fourth-order valence-corrected chi connectivity index (χ4v) is 4.17. The SMILES string of the molecule is COC(=O)c1cc(/C=C/C(=O)Nc2nc(-c3ccc(CNC(C)=O)s3)cs2)oc1C. The molecule has 156 valence electrons. The maximum absolute atomic E-state index is 12.2. The van der Waals surface area contributed by atoms with E-state index >= 15 is 0 Å². The lowest BCUT2D eigenvalue weighted by Crippen LogP contribution is -2.17. The predicted molar refractivity (Wildman–Crippen MR) is 115 cm³/mol. The predicted octanol–water partition coefficient (Wildman–Crippen LogP) is 3.85. The number of methoxy groups -OCH3 is 1. The van der Waals surface area contributed by atoms with Gasteiger partial charge in [-0.25, -0.2) is 9.78 Å². The average Bonchev–Trinajstić information content (AvgIpc) is 3.44. The van der Waals surface area contributed by atoms with Gasteiger partial charge in [0.2, 0.25) is 11.8 Å². The van der Waals surface area contributed by atoms with Gasteiger partial charge in [-0.1, -0.05) is 0 Å². The van der Waals surface area contributed by atoms with Crippen LogP contribution in [0.25, 0.3) is 16.6 Å². The van der Waals surface area contributed by atoms with Crippen molar-refractivity contribution in [3.05, 3.63) is 51.6 Å². The summed E-state index contributed by atoms with van der Waals surface area (Å²) in [6.45, 7) is 3.60. The quantitative estimate of drug-likeness (QED) is 0.422. The Morgan fingerprint density at radius 3 is 2.83 bits per heavy atom. The fraction of sp³-hybridized carbons (Fsp3) is 0.200. The Balaban J connectivity index is 1.60. The molecule has 0 aliphatic carbocycles. The number of nitrogens with one attached hydrogen (secondary N) is 2. The molecule has 0 aliphatic heterocycles. The minimum Gasteiger partial charge on any atom is -0.465 e. The molecule has 0 fully saturated rings. The van der Waals surface area contributed by atoms with Gasteiger partial charge < -0.3 is 14.5 Å². The standard InChI is InChI=1S/C20H19N3O5S2/c1-11-15(19(26)27-3)8-13(28-11)4-7-18(25)23-20-22-16(10-29-20)17-6-5-14(30-17)9-21-12(2)24/h4-8,10H,9H2,1-3H3,(H,21,24)(H,22,23,25)/b7-4+. The molecular weight excluding hydrogens is 426 g/mol. The highest BCUT2D eigenvalue weighted by atomic mass is 32.1. The van der Waals surface area contributed by atoms with Crippen LogP contribution < -0.4 is 10.6 Å². The summed E-state index contributed by atoms with van der Waals surface area (Å²) >= 11 is 2.84. The highest BCUT2D eigenvalue weighted by Crippen LogP contribution is 2.30. The minimum atomic E-state index is -0.496. The van der Waals surface area contributed by atoms with Crippen LogP contribution in [0.2, 0.25) is 0 Å². The lowest BCUT2D eigenvalue weighted by Gasteiger charge is -1.97. The second kappa shape index (κ2) is 9.51. The molecule has 0 radical (unpaired) electrons. The van der Waals surface area contributed by atoms with E-state index in [1.165, 1.54) is 54.9 Å². The second-order valence-corrected chi connectivity index (χ2v) is 8.17. The van der Waals surface area contributed by atoms with Crippen LogP contribution in [0.1, 0.15) is 33.7 Å². The number of esters is 1. The Morgan fingerprint density at radius 1 is 1.30 bits per heavy atom. The van der Waals surface area contributed by atoms with E-state index < -0.39 is 5.97 Å². The number of furan rings is 1. The molecule has 2 amide bonds. The van der Waals surface area contributed by atoms with Crippen LogP contribution in [0.4, 0.5) is 5.13 Å². The maximum atomic E-state index is 12.2. The number of thiazole rings is 1. The number of nitrogens with zero attached hydrogens (tertiary/aromatic N) is 1. The molecule has 0 atom stereocenters. The van der Waals surface area contributed by atoms with E-state index in [4.69, 9.17) is 4.42 Å². The summed E-state index contributed by atoms with van der Waals surface area (Å²) in [6.07, 6.45) is 2.77. The van der Waals surface area contributed by atoms with Gasteiger partial charge in [0.1, 0.15) is 17.1 Å². The van der Waals surface area contributed by atoms with E-state index in [2.05, 4.69) is 20.4 Å². The first kappa shape index (κ1) is 21.5. The van der Waals surface area contributed by atoms with Gasteiger partial charge in [0.25, 0.3) is 0 Å². The zero-order chi connectivity index (χ0) is 21.7. The van der Waals surface area contributed by atoms with Crippen LogP contribution in [-0.4, -0.2) is 29.9 Å². The number of thiophene rings is 1. The molecule has 0 saturated carbocycles. The van der Waals surface area contributed by atoms with Gasteiger partial charge in [0, 0.05) is 23.3 Å². The topological polar surface area (TPSA) is 111 Å². The summed E-state index contributed by atoms with van der Waals surface area (Å²) in [5.41, 5.74) is 1.07. The number of ether oxygens (including phenoxy) is 1. The smallest absolute Gasteiger partial charge is 0.341 e. The zero-order valence-corrected chi connectivity index (χ0v) is 18.1. The monoisotopic (exact) mass is 445 g/mol. The molecule has 0 aliphatic rings. The van der Waals surface area contributed by atoms with E-state index in [9.17, 15) is 14.4 Å². The molecule has 3 aromatic heterocycles. The summed E-state index contributed by atoms with van der Waals surface area (Å²) in [5, 5.41) is 7.77. The van der Waals surface area contributed by atoms with Gasteiger partial charge in [-0.2, -0.15) is 0 Å². The molecule has 3 heterocycles. The van der Waals surface area contributed by atoms with Crippen molar-refractivity contribution in [1.29, 1.82) is 0 Å². The summed E-state index contributed by atoms with van der Waals surface area (Å²) in [6, 6.07) is 5.38. The molecular formula is C20H19N3O5S2. The average molecular weight is 446 g/mol. The third-order valence-corrected chi connectivity index (χ3v) is 5.77. The molecule has 2 N–H and O–H groups in total. The largest absolute Gasteiger partial charge is 0.465 e. The van der Waals surface area contributed by atoms with Crippen molar-refractivity contribution in [2.75, 3.05) is 12.4 Å². The number of hydrogen-bond donors (Lipinski definition) is 2. The highest BCUT2D eigenvalue weighted by Gasteiger charge is 2.14. The Labute approximate surface area is 180 Å². The number of aromatic nitrogens is 1. The zero-order valence-electron chi connectivity index (χ0n) is 16.5. The summed E-state index contributed by atoms with van der Waals surface area (Å²) < 4.78 is 10.1. The highest BCUT2D eigenvalue weighted by molar-refractivity contribution is 7.17. The van der Waals surface area contributed by atoms with Crippen LogP contribution >= 0.6 is 22.7 Å². The van der Waals surface area contributed by atoms with Crippen molar-refractivity contribution in [3.8, 4) is 10.6 Å². The number of carbonyl (C=O) groups excluding carboxylic acids is 3. The first-order valence-corrected chi connectivity index (χ1v) is 10.5. The third-order valence-electron chi connectivity index (χ3n) is 3.90. The number of anilines is 1. The van der Waals surface area contributed by atoms with E-state index in [1.807, 2.05) is 17.5 Å². The van der Waals surface area contributed by atoms with E-state index in [1.54, 1.807) is 6.92 Å². The van der Waals surface area contributed by atoms with Crippen molar-refractivity contribution >= 4 is 51.7 Å². The van der Waals surface area contributed by atoms with Crippen molar-refractivity contribution in [1.82, 2.24) is 10.3 Å². The van der Waals surface area contributed by atoms with Crippen molar-refractivity contribution in [2.45, 2.75) is 20.4 Å². The fourth-order valence-electron chi connectivity index (χ4n) is 2.47. The second-order valence-electron chi connectivity index (χ2n) is 6.15. The van der Waals surface area contributed by atoms with Gasteiger partial charge >= 0.3 is 5.97 Å². The van der Waals surface area contributed by atoms with Crippen LogP contribution in [-0.2, 0) is 20.9 Å². The number of aryl methyl sites for hydroxylation is 1. The Morgan fingerprint density at radius 2 is 2.10 bits per heavy atom. The molecule has 0 bridgehead atoms. The van der Waals surface area contributed by atoms with Crippen molar-refractivity contribution in [2.24, 2.45) is 0 Å². The molecule has 0 unspecified atom stereocenters. The lowest BCUT2D eigenvalue weighted by molar-refractivity contribution is -0.119. The lowest BCUT2D eigenvalue weighted by atomic mass is 10.2. The number of hydrogen-bond acceptors (Lipinski definition) is 8. The third kappa shape index (κ3) is 5.43. The normalized spacial score (nSPS) is 10.9. The van der Waals surface area contributed by atoms with E-state index in [0.717, 1.165) is 15.4 Å². The van der Waals surface area contributed by atoms with Gasteiger partial charge in [0.15, 0.2) is 5.13 Å². The molecule has 30 heavy (non-hydrogen) atoms. The van der Waals surface area contributed by atoms with Crippen molar-refractivity contribution in [3.63, 3.8) is 0 Å². The molecule has 0 spiro atoms. The van der Waals surface area contributed by atoms with Gasteiger partial charge in [-0.05, 0) is 31.2 Å². The summed E-state index contributed by atoms with van der Waals surface area (Å²) in [4.78, 5) is 41.2. The van der Waals surface area contributed by atoms with Crippen LogP contribution in [0, 0.1) is 6.92 Å². The van der Waals surface area contributed by atoms with Crippen LogP contribution in [0.5, 0.6) is 0 Å². The molecule has 10 heteroatoms. The summed E-state index contributed by atoms with van der Waals surface area (Å²) in [7, 11) is 1.29. The Hall–Kier alpha value is -3.24. The van der Waals surface area contributed by atoms with Gasteiger partial charge in [-0.15, -0.1) is 22.7 Å². The first-order valence-electron chi connectivity index (χ1n) is 8.82. The van der Waals surface area contributed by atoms with Crippen LogP contribution in [0.3, 0.4) is 0 Å². The molecule has 0 aromatic carbocycles. The summed E-state index contributed by atoms with van der Waals surface area (Å²) in [5.74, 6) is -0.164. The first-order chi connectivity index (χ1) is 14.4. The Bertz CT molecular complexity index is 1110. The van der Waals surface area contributed by atoms with Crippen molar-refractivity contribution < 1.29 is 23.5 Å². The van der Waals surface area contributed by atoms with E-state index in [0.29, 0.717) is 28.8 Å². The Kier molecular flexibility index (Phi) is 6.80. The number of rotatable bonds is 7. The molecule has 3 aromatic rings. The van der Waals surface area contributed by atoms with E-state index in [-0.39, 0.29) is 11.8 Å². The van der Waals surface area contributed by atoms with Gasteiger partial charge in [-0.3, -0.25) is 14.9 Å². The van der Waals surface area contributed by atoms with Crippen LogP contribution in [0.15, 0.2) is 34.1 Å². The number of amides is 2.